The number of hydrogen-bond acceptors (Lipinski definition) is 2. The van der Waals surface area contributed by atoms with Gasteiger partial charge in [-0.15, -0.1) is 0 Å². The number of carbonyl (C=O) groups excluding carboxylic acids is 1. The smallest absolute Gasteiger partial charge is 0.232 e. The summed E-state index contributed by atoms with van der Waals surface area (Å²) in [6.07, 6.45) is -0.404. The van der Waals surface area contributed by atoms with E-state index in [2.05, 4.69) is 45.7 Å². The summed E-state index contributed by atoms with van der Waals surface area (Å²) >= 11 is 0. The molecule has 0 bridgehead atoms. The molecule has 3 heteroatoms. The van der Waals surface area contributed by atoms with Crippen LogP contribution in [-0.2, 0) is 9.22 Å². The monoisotopic (exact) mass is 226 g/mol. The van der Waals surface area contributed by atoms with Crippen LogP contribution in [0.3, 0.4) is 0 Å². The van der Waals surface area contributed by atoms with Gasteiger partial charge in [-0.1, -0.05) is 26.7 Å². The highest BCUT2D eigenvalue weighted by Crippen LogP contribution is 2.37. The molecule has 0 radical (unpaired) electrons. The predicted molar refractivity (Wildman–Crippen MR) is 66.2 cm³/mol. The van der Waals surface area contributed by atoms with E-state index in [1.807, 2.05) is 0 Å². The fourth-order valence-corrected chi connectivity index (χ4v) is 2.24. The molecule has 15 heavy (non-hydrogen) atoms. The van der Waals surface area contributed by atoms with Crippen molar-refractivity contribution in [3.8, 4) is 11.8 Å². The average Bonchev–Trinajstić information content (AvgIpc) is 2.01. The van der Waals surface area contributed by atoms with Crippen LogP contribution in [-0.4, -0.2) is 20.2 Å². The van der Waals surface area contributed by atoms with Crippen molar-refractivity contribution in [3.05, 3.63) is 0 Å². The summed E-state index contributed by atoms with van der Waals surface area (Å²) in [5, 5.41) is 0.126. The number of rotatable bonds is 3. The van der Waals surface area contributed by atoms with E-state index >= 15 is 0 Å². The van der Waals surface area contributed by atoms with Crippen molar-refractivity contribution in [1.29, 1.82) is 0 Å². The normalized spacial score (nSPS) is 14.1. The largest absolute Gasteiger partial charge is 0.406 e. The molecule has 0 aromatic carbocycles. The van der Waals surface area contributed by atoms with Gasteiger partial charge in [-0.05, 0) is 37.9 Å². The molecule has 0 saturated carbocycles. The van der Waals surface area contributed by atoms with Gasteiger partial charge in [-0.2, -0.15) is 0 Å². The minimum Gasteiger partial charge on any atom is -0.406 e. The van der Waals surface area contributed by atoms with E-state index in [-0.39, 0.29) is 10.8 Å². The fourth-order valence-electron chi connectivity index (χ4n) is 0.897. The first-order valence-corrected chi connectivity index (χ1v) is 8.17. The average molecular weight is 226 g/mol. The van der Waals surface area contributed by atoms with Crippen molar-refractivity contribution in [3.63, 3.8) is 0 Å². The Hall–Kier alpha value is -0.593. The van der Waals surface area contributed by atoms with E-state index in [1.54, 1.807) is 13.8 Å². The van der Waals surface area contributed by atoms with Crippen LogP contribution in [0.5, 0.6) is 0 Å². The molecule has 2 nitrogen and oxygen atoms in total. The second-order valence-electron chi connectivity index (χ2n) is 5.26. The van der Waals surface area contributed by atoms with Gasteiger partial charge in [0.25, 0.3) is 0 Å². The third-order valence-corrected chi connectivity index (χ3v) is 7.45. The molecular formula is C12H22O2Si. The van der Waals surface area contributed by atoms with Crippen molar-refractivity contribution < 1.29 is 9.22 Å². The second kappa shape index (κ2) is 4.96. The van der Waals surface area contributed by atoms with Crippen LogP contribution < -0.4 is 0 Å². The Morgan fingerprint density at radius 1 is 1.33 bits per heavy atom. The molecule has 0 aliphatic heterocycles. The maximum atomic E-state index is 11.5. The van der Waals surface area contributed by atoms with Crippen molar-refractivity contribution >= 4 is 14.1 Å². The van der Waals surface area contributed by atoms with Crippen molar-refractivity contribution in [2.45, 2.75) is 58.9 Å². The first-order chi connectivity index (χ1) is 6.62. The van der Waals surface area contributed by atoms with Gasteiger partial charge in [0, 0.05) is 0 Å². The predicted octanol–water partition coefficient (Wildman–Crippen LogP) is 2.99. The van der Waals surface area contributed by atoms with Gasteiger partial charge in [0.2, 0.25) is 5.78 Å². The van der Waals surface area contributed by atoms with Crippen LogP contribution in [0.2, 0.25) is 18.1 Å². The highest BCUT2D eigenvalue weighted by Gasteiger charge is 2.39. The van der Waals surface area contributed by atoms with E-state index in [4.69, 9.17) is 4.43 Å². The van der Waals surface area contributed by atoms with Crippen molar-refractivity contribution in [2.24, 2.45) is 0 Å². The van der Waals surface area contributed by atoms with Crippen LogP contribution in [0.15, 0.2) is 0 Å². The van der Waals surface area contributed by atoms with Gasteiger partial charge in [0.15, 0.2) is 8.32 Å². The molecule has 0 aromatic rings. The Morgan fingerprint density at radius 3 is 2.13 bits per heavy atom. The molecule has 1 atom stereocenters. The highest BCUT2D eigenvalue weighted by molar-refractivity contribution is 6.74. The Kier molecular flexibility index (Phi) is 4.76. The Morgan fingerprint density at radius 2 is 1.80 bits per heavy atom. The zero-order valence-electron chi connectivity index (χ0n) is 10.9. The minimum absolute atomic E-state index is 0.123. The maximum Gasteiger partial charge on any atom is 0.232 e. The lowest BCUT2D eigenvalue weighted by atomic mass is 10.2. The van der Waals surface area contributed by atoms with Gasteiger partial charge < -0.3 is 4.43 Å². The van der Waals surface area contributed by atoms with Crippen LogP contribution in [0, 0.1) is 11.8 Å². The molecule has 0 aliphatic carbocycles. The summed E-state index contributed by atoms with van der Waals surface area (Å²) in [7, 11) is -1.85. The molecule has 0 saturated heterocycles. The van der Waals surface area contributed by atoms with Gasteiger partial charge >= 0.3 is 0 Å². The summed E-state index contributed by atoms with van der Waals surface area (Å²) in [5.74, 6) is 5.01. The number of Topliss-reactive ketones (excluding diaryl/α,β-unsaturated/α-hetero) is 1. The Bertz CT molecular complexity index is 289. The summed E-state index contributed by atoms with van der Waals surface area (Å²) in [6.45, 7) is 14.2. The van der Waals surface area contributed by atoms with Crippen LogP contribution in [0.1, 0.15) is 34.6 Å². The highest BCUT2D eigenvalue weighted by atomic mass is 28.4. The molecule has 0 aliphatic rings. The standard InChI is InChI=1S/C12H22O2Si/c1-8-9-11(13)10(2)14-15(6,7)12(3,4)5/h10H,1-7H3/t10-/m1/s1. The molecular weight excluding hydrogens is 204 g/mol. The Labute approximate surface area is 94.5 Å². The molecule has 0 amide bonds. The van der Waals surface area contributed by atoms with E-state index in [0.717, 1.165) is 0 Å². The van der Waals surface area contributed by atoms with Gasteiger partial charge in [0.1, 0.15) is 6.10 Å². The molecule has 0 unspecified atom stereocenters. The summed E-state index contributed by atoms with van der Waals surface area (Å²) in [6, 6.07) is 0. The van der Waals surface area contributed by atoms with E-state index in [9.17, 15) is 4.79 Å². The summed E-state index contributed by atoms with van der Waals surface area (Å²) in [4.78, 5) is 11.5. The molecule has 0 rings (SSSR count). The minimum atomic E-state index is -1.85. The lowest BCUT2D eigenvalue weighted by Crippen LogP contribution is -2.45. The lowest BCUT2D eigenvalue weighted by molar-refractivity contribution is -0.119. The van der Waals surface area contributed by atoms with Gasteiger partial charge in [-0.3, -0.25) is 4.79 Å². The molecule has 0 spiro atoms. The van der Waals surface area contributed by atoms with E-state index in [0.29, 0.717) is 0 Å². The van der Waals surface area contributed by atoms with Crippen molar-refractivity contribution in [2.75, 3.05) is 0 Å². The van der Waals surface area contributed by atoms with E-state index < -0.39 is 14.4 Å². The first kappa shape index (κ1) is 14.4. The maximum absolute atomic E-state index is 11.5. The number of hydrogen-bond donors (Lipinski definition) is 0. The number of carbonyl (C=O) groups is 1. The quantitative estimate of drug-likeness (QED) is 0.420. The third kappa shape index (κ3) is 4.19. The van der Waals surface area contributed by atoms with Crippen LogP contribution >= 0.6 is 0 Å². The molecule has 86 valence electrons. The number of ketones is 1. The fraction of sp³-hybridized carbons (Fsp3) is 0.750. The molecule has 0 fully saturated rings. The van der Waals surface area contributed by atoms with Crippen molar-refractivity contribution in [1.82, 2.24) is 0 Å². The lowest BCUT2D eigenvalue weighted by Gasteiger charge is -2.37. The second-order valence-corrected chi connectivity index (χ2v) is 10.0. The molecule has 0 N–H and O–H groups in total. The topological polar surface area (TPSA) is 26.3 Å². The van der Waals surface area contributed by atoms with Gasteiger partial charge in [0.05, 0.1) is 0 Å². The third-order valence-electron chi connectivity index (χ3n) is 2.90. The van der Waals surface area contributed by atoms with Gasteiger partial charge in [-0.25, -0.2) is 0 Å². The summed E-state index contributed by atoms with van der Waals surface area (Å²) in [5.41, 5.74) is 0. The summed E-state index contributed by atoms with van der Waals surface area (Å²) < 4.78 is 5.90. The SMILES string of the molecule is CC#CC(=O)[C@@H](C)O[Si](C)(C)C(C)(C)C. The van der Waals surface area contributed by atoms with E-state index in [1.165, 1.54) is 0 Å². The first-order valence-electron chi connectivity index (χ1n) is 5.26. The van der Waals surface area contributed by atoms with Crippen LogP contribution in [0.4, 0.5) is 0 Å². The zero-order chi connectivity index (χ0) is 12.3. The zero-order valence-corrected chi connectivity index (χ0v) is 11.9. The molecule has 0 heterocycles. The van der Waals surface area contributed by atoms with Crippen LogP contribution in [0.25, 0.3) is 0 Å². The molecule has 0 aromatic heterocycles. The Balaban J connectivity index is 4.59.